The minimum absolute atomic E-state index is 0.0314. The highest BCUT2D eigenvalue weighted by atomic mass is 32.2. The van der Waals surface area contributed by atoms with Gasteiger partial charge in [0.15, 0.2) is 10.8 Å². The Hall–Kier alpha value is -3.92. The van der Waals surface area contributed by atoms with Crippen LogP contribution in [0.5, 0.6) is 0 Å². The molecule has 0 unspecified atom stereocenters. The van der Waals surface area contributed by atoms with Gasteiger partial charge in [0.25, 0.3) is 5.56 Å². The fourth-order valence-electron chi connectivity index (χ4n) is 3.16. The molecular formula is C22H20N6O3S. The summed E-state index contributed by atoms with van der Waals surface area (Å²) in [5.41, 5.74) is 9.18. The number of nitrogens with two attached hydrogens (primary N) is 1. The summed E-state index contributed by atoms with van der Waals surface area (Å²) < 4.78 is 1.64. The fourth-order valence-corrected chi connectivity index (χ4v) is 3.81. The summed E-state index contributed by atoms with van der Waals surface area (Å²) in [5, 5.41) is 7.76. The summed E-state index contributed by atoms with van der Waals surface area (Å²) in [7, 11) is 0. The summed E-state index contributed by atoms with van der Waals surface area (Å²) >= 11 is 1.11. The second-order valence-corrected chi connectivity index (χ2v) is 8.13. The van der Waals surface area contributed by atoms with Gasteiger partial charge in [0.05, 0.1) is 17.6 Å². The maximum Gasteiger partial charge on any atom is 0.262 e. The van der Waals surface area contributed by atoms with Crippen molar-refractivity contribution in [3.63, 3.8) is 0 Å². The summed E-state index contributed by atoms with van der Waals surface area (Å²) in [4.78, 5) is 43.2. The molecule has 0 radical (unpaired) electrons. The summed E-state index contributed by atoms with van der Waals surface area (Å²) in [5.74, 6) is -0.791. The smallest absolute Gasteiger partial charge is 0.262 e. The quantitative estimate of drug-likeness (QED) is 0.306. The van der Waals surface area contributed by atoms with Crippen molar-refractivity contribution < 1.29 is 9.59 Å². The fraction of sp³-hybridized carbons (Fsp3) is 0.136. The van der Waals surface area contributed by atoms with Gasteiger partial charge in [-0.3, -0.25) is 14.4 Å². The SMILES string of the molecule is Cc1cccc(-n2ncc3c(=O)[nH]c(SCC(=O)Nc4ccc(C(N)=O)cc4)nc32)c1C. The molecule has 4 N–H and O–H groups in total. The normalized spacial score (nSPS) is 10.9. The zero-order chi connectivity index (χ0) is 22.8. The summed E-state index contributed by atoms with van der Waals surface area (Å²) in [6.07, 6.45) is 1.49. The summed E-state index contributed by atoms with van der Waals surface area (Å²) in [6, 6.07) is 12.1. The lowest BCUT2D eigenvalue weighted by molar-refractivity contribution is -0.113. The first-order chi connectivity index (χ1) is 15.3. The predicted molar refractivity (Wildman–Crippen MR) is 123 cm³/mol. The first-order valence-electron chi connectivity index (χ1n) is 9.70. The number of fused-ring (bicyclic) bond motifs is 1. The number of amides is 2. The number of hydrogen-bond acceptors (Lipinski definition) is 6. The number of anilines is 1. The minimum Gasteiger partial charge on any atom is -0.366 e. The Bertz CT molecular complexity index is 1390. The van der Waals surface area contributed by atoms with E-state index in [2.05, 4.69) is 20.4 Å². The first kappa shape index (κ1) is 21.3. The maximum absolute atomic E-state index is 12.5. The molecule has 2 amide bonds. The Kier molecular flexibility index (Phi) is 5.78. The zero-order valence-corrected chi connectivity index (χ0v) is 18.2. The molecule has 0 saturated carbocycles. The molecule has 2 heterocycles. The number of hydrogen-bond donors (Lipinski definition) is 3. The molecule has 10 heteroatoms. The van der Waals surface area contributed by atoms with Crippen molar-refractivity contribution in [2.24, 2.45) is 5.73 Å². The van der Waals surface area contributed by atoms with Gasteiger partial charge < -0.3 is 16.0 Å². The van der Waals surface area contributed by atoms with Crippen molar-refractivity contribution >= 4 is 40.3 Å². The van der Waals surface area contributed by atoms with Crippen LogP contribution in [0.4, 0.5) is 5.69 Å². The van der Waals surface area contributed by atoms with E-state index >= 15 is 0 Å². The van der Waals surface area contributed by atoms with Crippen molar-refractivity contribution in [2.45, 2.75) is 19.0 Å². The zero-order valence-electron chi connectivity index (χ0n) is 17.4. The van der Waals surface area contributed by atoms with Crippen molar-refractivity contribution in [2.75, 3.05) is 11.1 Å². The number of nitrogens with zero attached hydrogens (tertiary/aromatic N) is 3. The van der Waals surface area contributed by atoms with E-state index in [4.69, 9.17) is 5.73 Å². The van der Waals surface area contributed by atoms with Gasteiger partial charge in [0.1, 0.15) is 5.39 Å². The highest BCUT2D eigenvalue weighted by molar-refractivity contribution is 7.99. The van der Waals surface area contributed by atoms with Gasteiger partial charge in [0.2, 0.25) is 11.8 Å². The van der Waals surface area contributed by atoms with Gasteiger partial charge in [-0.2, -0.15) is 5.10 Å². The van der Waals surface area contributed by atoms with Crippen molar-refractivity contribution in [1.82, 2.24) is 19.7 Å². The number of nitrogens with one attached hydrogen (secondary N) is 2. The standard InChI is InChI=1S/C22H20N6O3S/c1-12-4-3-5-17(13(12)2)28-20-16(10-24-28)21(31)27-22(26-20)32-11-18(29)25-15-8-6-14(7-9-15)19(23)30/h3-10H,11H2,1-2H3,(H2,23,30)(H,25,29)(H,26,27,31). The molecule has 32 heavy (non-hydrogen) atoms. The van der Waals surface area contributed by atoms with Crippen molar-refractivity contribution in [3.05, 3.63) is 75.7 Å². The summed E-state index contributed by atoms with van der Waals surface area (Å²) in [6.45, 7) is 3.99. The molecule has 2 aromatic carbocycles. The third-order valence-corrected chi connectivity index (χ3v) is 5.89. The van der Waals surface area contributed by atoms with E-state index in [9.17, 15) is 14.4 Å². The lowest BCUT2D eigenvalue weighted by atomic mass is 10.1. The molecule has 0 aliphatic rings. The molecule has 0 atom stereocenters. The first-order valence-corrected chi connectivity index (χ1v) is 10.7. The molecule has 2 aromatic heterocycles. The Morgan fingerprint density at radius 1 is 1.16 bits per heavy atom. The van der Waals surface area contributed by atoms with Gasteiger partial charge in [0, 0.05) is 11.3 Å². The van der Waals surface area contributed by atoms with E-state index < -0.39 is 5.91 Å². The molecular weight excluding hydrogens is 428 g/mol. The molecule has 0 aliphatic heterocycles. The van der Waals surface area contributed by atoms with E-state index in [0.717, 1.165) is 28.6 Å². The van der Waals surface area contributed by atoms with E-state index in [1.54, 1.807) is 16.8 Å². The molecule has 0 spiro atoms. The lowest BCUT2D eigenvalue weighted by Crippen LogP contribution is -2.16. The van der Waals surface area contributed by atoms with Crippen LogP contribution < -0.4 is 16.6 Å². The van der Waals surface area contributed by atoms with Crippen LogP contribution in [-0.4, -0.2) is 37.3 Å². The average molecular weight is 449 g/mol. The molecule has 9 nitrogen and oxygen atoms in total. The van der Waals surface area contributed by atoms with Crippen LogP contribution >= 0.6 is 11.8 Å². The predicted octanol–water partition coefficient (Wildman–Crippen LogP) is 2.56. The van der Waals surface area contributed by atoms with Crippen LogP contribution in [0.3, 0.4) is 0 Å². The Labute approximate surface area is 187 Å². The largest absolute Gasteiger partial charge is 0.366 e. The number of thioether (sulfide) groups is 1. The number of aromatic amines is 1. The van der Waals surface area contributed by atoms with Crippen LogP contribution in [0.15, 0.2) is 58.6 Å². The Morgan fingerprint density at radius 3 is 2.62 bits per heavy atom. The van der Waals surface area contributed by atoms with E-state index in [-0.39, 0.29) is 17.2 Å². The molecule has 162 valence electrons. The topological polar surface area (TPSA) is 136 Å². The van der Waals surface area contributed by atoms with Gasteiger partial charge in [-0.15, -0.1) is 0 Å². The van der Waals surface area contributed by atoms with Crippen LogP contribution in [0.1, 0.15) is 21.5 Å². The number of carbonyl (C=O) groups is 2. The van der Waals surface area contributed by atoms with Crippen LogP contribution in [-0.2, 0) is 4.79 Å². The third-order valence-electron chi connectivity index (χ3n) is 5.01. The molecule has 4 aromatic rings. The van der Waals surface area contributed by atoms with Gasteiger partial charge in [-0.1, -0.05) is 23.9 Å². The number of aromatic nitrogens is 4. The molecule has 0 saturated heterocycles. The number of benzene rings is 2. The second-order valence-electron chi connectivity index (χ2n) is 7.16. The minimum atomic E-state index is -0.538. The monoisotopic (exact) mass is 448 g/mol. The Morgan fingerprint density at radius 2 is 1.91 bits per heavy atom. The second kappa shape index (κ2) is 8.67. The third kappa shape index (κ3) is 4.26. The van der Waals surface area contributed by atoms with E-state index in [1.807, 2.05) is 32.0 Å². The van der Waals surface area contributed by atoms with Gasteiger partial charge in [-0.25, -0.2) is 9.67 Å². The molecule has 0 fully saturated rings. The van der Waals surface area contributed by atoms with Crippen LogP contribution in [0.2, 0.25) is 0 Å². The van der Waals surface area contributed by atoms with Gasteiger partial charge >= 0.3 is 0 Å². The van der Waals surface area contributed by atoms with Crippen molar-refractivity contribution in [1.29, 1.82) is 0 Å². The number of aryl methyl sites for hydroxylation is 1. The Balaban J connectivity index is 1.53. The van der Waals surface area contributed by atoms with Gasteiger partial charge in [-0.05, 0) is 55.3 Å². The van der Waals surface area contributed by atoms with E-state index in [0.29, 0.717) is 27.4 Å². The maximum atomic E-state index is 12.5. The highest BCUT2D eigenvalue weighted by Gasteiger charge is 2.15. The number of rotatable bonds is 6. The average Bonchev–Trinajstić information content (AvgIpc) is 3.19. The number of H-pyrrole nitrogens is 1. The van der Waals surface area contributed by atoms with Crippen LogP contribution in [0.25, 0.3) is 16.7 Å². The number of primary amides is 1. The molecule has 0 aliphatic carbocycles. The van der Waals surface area contributed by atoms with Crippen LogP contribution in [0, 0.1) is 13.8 Å². The lowest BCUT2D eigenvalue weighted by Gasteiger charge is -2.09. The van der Waals surface area contributed by atoms with E-state index in [1.165, 1.54) is 18.3 Å². The van der Waals surface area contributed by atoms with Crippen molar-refractivity contribution in [3.8, 4) is 5.69 Å². The highest BCUT2D eigenvalue weighted by Crippen LogP contribution is 2.22. The number of carbonyl (C=O) groups excluding carboxylic acids is 2. The molecule has 4 rings (SSSR count). The molecule has 0 bridgehead atoms.